The highest BCUT2D eigenvalue weighted by Gasteiger charge is 2.50. The maximum atomic E-state index is 12.3. The molecule has 1 aromatic rings. The zero-order valence-corrected chi connectivity index (χ0v) is 19.1. The van der Waals surface area contributed by atoms with Gasteiger partial charge >= 0.3 is 6.09 Å². The lowest BCUT2D eigenvalue weighted by Crippen LogP contribution is -2.60. The minimum Gasteiger partial charge on any atom is -0.444 e. The molecule has 0 radical (unpaired) electrons. The van der Waals surface area contributed by atoms with E-state index in [0.717, 1.165) is 70.3 Å². The van der Waals surface area contributed by atoms with Crippen LogP contribution in [0.4, 0.5) is 16.3 Å². The molecule has 4 heterocycles. The predicted octanol–water partition coefficient (Wildman–Crippen LogP) is 1.56. The Balaban J connectivity index is 1.45. The van der Waals surface area contributed by atoms with Gasteiger partial charge in [-0.25, -0.2) is 9.78 Å². The Morgan fingerprint density at radius 1 is 1.10 bits per heavy atom. The van der Waals surface area contributed by atoms with Gasteiger partial charge in [0, 0.05) is 69.5 Å². The van der Waals surface area contributed by atoms with E-state index in [1.807, 2.05) is 26.8 Å². The first-order valence-corrected chi connectivity index (χ1v) is 11.1. The Labute approximate surface area is 184 Å². The molecule has 0 unspecified atom stereocenters. The lowest BCUT2D eigenvalue weighted by Gasteiger charge is -2.47. The van der Waals surface area contributed by atoms with Gasteiger partial charge < -0.3 is 30.1 Å². The number of anilines is 2. The molecule has 1 spiro atoms. The summed E-state index contributed by atoms with van der Waals surface area (Å²) >= 11 is 0. The van der Waals surface area contributed by atoms with Crippen molar-refractivity contribution in [2.45, 2.75) is 32.8 Å². The van der Waals surface area contributed by atoms with Crippen LogP contribution in [0, 0.1) is 10.8 Å². The first-order chi connectivity index (χ1) is 14.5. The number of pyridine rings is 1. The number of ether oxygens (including phenoxy) is 1. The molecule has 4 rings (SSSR count). The van der Waals surface area contributed by atoms with Crippen molar-refractivity contribution in [3.63, 3.8) is 0 Å². The van der Waals surface area contributed by atoms with Crippen LogP contribution >= 0.6 is 0 Å². The summed E-state index contributed by atoms with van der Waals surface area (Å²) in [4.78, 5) is 25.7. The number of nitrogens with one attached hydrogen (secondary N) is 1. The highest BCUT2D eigenvalue weighted by molar-refractivity contribution is 5.94. The van der Waals surface area contributed by atoms with Crippen molar-refractivity contribution in [3.05, 3.63) is 17.8 Å². The second-order valence-electron chi connectivity index (χ2n) is 10.3. The monoisotopic (exact) mass is 429 g/mol. The zero-order valence-electron chi connectivity index (χ0n) is 19.1. The van der Waals surface area contributed by atoms with Crippen LogP contribution in [-0.4, -0.2) is 91.7 Å². The molecular formula is C22H35N7O2. The topological polar surface area (TPSA) is 102 Å². The zero-order chi connectivity index (χ0) is 22.4. The second kappa shape index (κ2) is 7.85. The number of aromatic nitrogens is 1. The van der Waals surface area contributed by atoms with Gasteiger partial charge in [-0.3, -0.25) is 5.41 Å². The van der Waals surface area contributed by atoms with E-state index in [2.05, 4.69) is 32.8 Å². The van der Waals surface area contributed by atoms with Crippen molar-refractivity contribution in [3.8, 4) is 0 Å². The van der Waals surface area contributed by atoms with Crippen molar-refractivity contribution in [2.75, 3.05) is 69.2 Å². The Bertz CT molecular complexity index is 852. The maximum absolute atomic E-state index is 12.3. The summed E-state index contributed by atoms with van der Waals surface area (Å²) in [5, 5.41) is 7.93. The van der Waals surface area contributed by atoms with Crippen LogP contribution in [0.15, 0.2) is 12.1 Å². The van der Waals surface area contributed by atoms with Gasteiger partial charge in [-0.2, -0.15) is 0 Å². The molecule has 1 aromatic heterocycles. The number of carbonyl (C=O) groups is 1. The van der Waals surface area contributed by atoms with Gasteiger partial charge in [0.2, 0.25) is 0 Å². The first kappa shape index (κ1) is 21.7. The molecule has 170 valence electrons. The lowest BCUT2D eigenvalue weighted by molar-refractivity contribution is -0.0266. The van der Waals surface area contributed by atoms with Crippen molar-refractivity contribution in [2.24, 2.45) is 11.1 Å². The van der Waals surface area contributed by atoms with Crippen molar-refractivity contribution in [1.29, 1.82) is 5.41 Å². The number of nitrogens with two attached hydrogens (primary N) is 1. The largest absolute Gasteiger partial charge is 0.444 e. The van der Waals surface area contributed by atoms with Crippen molar-refractivity contribution < 1.29 is 9.53 Å². The number of hydrogen-bond donors (Lipinski definition) is 2. The van der Waals surface area contributed by atoms with Gasteiger partial charge in [-0.05, 0) is 40.3 Å². The molecule has 9 nitrogen and oxygen atoms in total. The van der Waals surface area contributed by atoms with E-state index in [0.29, 0.717) is 5.69 Å². The molecule has 0 saturated carbocycles. The maximum Gasteiger partial charge on any atom is 0.410 e. The molecule has 0 bridgehead atoms. The third kappa shape index (κ3) is 4.71. The van der Waals surface area contributed by atoms with E-state index < -0.39 is 5.60 Å². The molecule has 3 aliphatic heterocycles. The number of rotatable bonds is 3. The van der Waals surface area contributed by atoms with E-state index in [9.17, 15) is 4.79 Å². The van der Waals surface area contributed by atoms with Crippen LogP contribution in [0.2, 0.25) is 0 Å². The highest BCUT2D eigenvalue weighted by Crippen LogP contribution is 2.42. The van der Waals surface area contributed by atoms with Crippen molar-refractivity contribution in [1.82, 2.24) is 14.8 Å². The number of amidine groups is 1. The van der Waals surface area contributed by atoms with E-state index >= 15 is 0 Å². The van der Waals surface area contributed by atoms with E-state index in [4.69, 9.17) is 15.9 Å². The fraction of sp³-hybridized carbons (Fsp3) is 0.682. The summed E-state index contributed by atoms with van der Waals surface area (Å²) in [5.41, 5.74) is 7.04. The van der Waals surface area contributed by atoms with Crippen LogP contribution < -0.4 is 15.5 Å². The van der Waals surface area contributed by atoms with Gasteiger partial charge in [-0.15, -0.1) is 0 Å². The molecule has 0 atom stereocenters. The minimum atomic E-state index is -0.471. The van der Waals surface area contributed by atoms with Gasteiger partial charge in [0.05, 0.1) is 0 Å². The van der Waals surface area contributed by atoms with E-state index in [-0.39, 0.29) is 17.3 Å². The minimum absolute atomic E-state index is 0.00844. The van der Waals surface area contributed by atoms with Gasteiger partial charge in [0.25, 0.3) is 0 Å². The van der Waals surface area contributed by atoms with E-state index in [1.54, 1.807) is 4.90 Å². The molecular weight excluding hydrogens is 394 g/mol. The van der Waals surface area contributed by atoms with Crippen LogP contribution in [-0.2, 0) is 4.74 Å². The molecule has 0 aromatic carbocycles. The third-order valence-corrected chi connectivity index (χ3v) is 6.41. The number of piperazine rings is 1. The fourth-order valence-electron chi connectivity index (χ4n) is 4.65. The number of carbonyl (C=O) groups excluding carboxylic acids is 1. The first-order valence-electron chi connectivity index (χ1n) is 11.1. The number of nitrogens with zero attached hydrogens (tertiary/aromatic N) is 5. The summed E-state index contributed by atoms with van der Waals surface area (Å²) in [7, 11) is 2.13. The summed E-state index contributed by atoms with van der Waals surface area (Å²) < 4.78 is 5.51. The van der Waals surface area contributed by atoms with Gasteiger partial charge in [0.15, 0.2) is 0 Å². The van der Waals surface area contributed by atoms with Gasteiger partial charge in [0.1, 0.15) is 22.9 Å². The molecule has 3 N–H and O–H groups in total. The van der Waals surface area contributed by atoms with Crippen LogP contribution in [0.5, 0.6) is 0 Å². The number of likely N-dealkylation sites (N-methyl/N-ethyl adjacent to an activating group) is 1. The molecule has 1 amide bonds. The molecule has 31 heavy (non-hydrogen) atoms. The molecule has 3 saturated heterocycles. The Morgan fingerprint density at radius 3 is 2.39 bits per heavy atom. The van der Waals surface area contributed by atoms with E-state index in [1.165, 1.54) is 0 Å². The summed E-state index contributed by atoms with van der Waals surface area (Å²) in [6.45, 7) is 12.8. The summed E-state index contributed by atoms with van der Waals surface area (Å²) in [5.74, 6) is 0.881. The summed E-state index contributed by atoms with van der Waals surface area (Å²) in [6, 6.07) is 4.05. The predicted molar refractivity (Wildman–Crippen MR) is 122 cm³/mol. The quantitative estimate of drug-likeness (QED) is 0.555. The normalized spacial score (nSPS) is 21.4. The third-order valence-electron chi connectivity index (χ3n) is 6.41. The molecule has 9 heteroatoms. The number of amides is 1. The standard InChI is InChI=1S/C22H35N7O2/c1-21(2,3)31-20(30)29-14-22(15-29)5-6-28(13-22)16-11-17(19(23)24)25-18(12-16)27-9-7-26(4)8-10-27/h11-12H,5-10,13-15H2,1-4H3,(H3,23,24). The fourth-order valence-corrected chi connectivity index (χ4v) is 4.65. The van der Waals surface area contributed by atoms with Gasteiger partial charge in [-0.1, -0.05) is 0 Å². The Morgan fingerprint density at radius 2 is 1.77 bits per heavy atom. The van der Waals surface area contributed by atoms with Crippen molar-refractivity contribution >= 4 is 23.4 Å². The molecule has 3 aliphatic rings. The Hall–Kier alpha value is -2.55. The Kier molecular flexibility index (Phi) is 5.49. The molecule has 0 aliphatic carbocycles. The van der Waals surface area contributed by atoms with Crippen LogP contribution in [0.1, 0.15) is 32.9 Å². The number of nitrogen functional groups attached to an aromatic ring is 1. The number of hydrogen-bond acceptors (Lipinski definition) is 7. The molecule has 3 fully saturated rings. The second-order valence-corrected chi connectivity index (χ2v) is 10.3. The highest BCUT2D eigenvalue weighted by atomic mass is 16.6. The SMILES string of the molecule is CN1CCN(c2cc(N3CCC4(CN(C(=O)OC(C)(C)C)C4)C3)cc(C(=N)N)n2)CC1. The van der Waals surface area contributed by atoms with Crippen LogP contribution in [0.25, 0.3) is 0 Å². The average Bonchev–Trinajstić information content (AvgIpc) is 3.11. The number of likely N-dealkylation sites (tertiary alicyclic amines) is 1. The smallest absolute Gasteiger partial charge is 0.410 e. The summed E-state index contributed by atoms with van der Waals surface area (Å²) in [6.07, 6.45) is 0.810. The lowest BCUT2D eigenvalue weighted by atomic mass is 9.79. The average molecular weight is 430 g/mol. The van der Waals surface area contributed by atoms with Crippen LogP contribution in [0.3, 0.4) is 0 Å².